The van der Waals surface area contributed by atoms with Crippen LogP contribution in [0.4, 0.5) is 13.2 Å². The van der Waals surface area contributed by atoms with Crippen LogP contribution in [0.3, 0.4) is 0 Å². The Balaban J connectivity index is 2.29. The quantitative estimate of drug-likeness (QED) is 0.614. The van der Waals surface area contributed by atoms with E-state index in [4.69, 9.17) is 4.42 Å². The number of hydrogen-bond donors (Lipinski definition) is 0. The summed E-state index contributed by atoms with van der Waals surface area (Å²) in [6.45, 7) is 0. The molecule has 6 heteroatoms. The minimum Gasteiger partial charge on any atom is -0.453 e. The third-order valence-corrected chi connectivity index (χ3v) is 2.82. The van der Waals surface area contributed by atoms with Gasteiger partial charge in [-0.25, -0.2) is 0 Å². The summed E-state index contributed by atoms with van der Waals surface area (Å²) < 4.78 is 41.8. The minimum absolute atomic E-state index is 0.0732. The van der Waals surface area contributed by atoms with E-state index in [2.05, 4.69) is 0 Å². The lowest BCUT2D eigenvalue weighted by atomic mass is 10.2. The molecule has 1 heterocycles. The van der Waals surface area contributed by atoms with Gasteiger partial charge in [0, 0.05) is 10.5 Å². The van der Waals surface area contributed by atoms with E-state index in [1.54, 1.807) is 12.1 Å². The number of aldehydes is 1. The first-order valence-corrected chi connectivity index (χ1v) is 5.71. The number of carbonyl (C=O) groups excluding carboxylic acids is 1. The van der Waals surface area contributed by atoms with Gasteiger partial charge in [0.15, 0.2) is 12.0 Å². The van der Waals surface area contributed by atoms with Crippen LogP contribution in [0.25, 0.3) is 11.3 Å². The fourth-order valence-corrected chi connectivity index (χ4v) is 2.02. The van der Waals surface area contributed by atoms with E-state index in [0.29, 0.717) is 17.6 Å². The minimum atomic E-state index is -4.32. The molecule has 0 bridgehead atoms. The molecule has 2 rings (SSSR count). The first-order chi connectivity index (χ1) is 8.48. The Morgan fingerprint density at radius 3 is 2.56 bits per heavy atom. The van der Waals surface area contributed by atoms with Crippen LogP contribution in [0.15, 0.2) is 45.7 Å². The Hall–Kier alpha value is -1.69. The highest BCUT2D eigenvalue weighted by atomic mass is 32.2. The number of halogens is 3. The molecular weight excluding hydrogens is 265 g/mol. The molecule has 0 amide bonds. The lowest BCUT2D eigenvalue weighted by molar-refractivity contribution is -0.0328. The molecule has 0 fully saturated rings. The highest BCUT2D eigenvalue weighted by molar-refractivity contribution is 8.00. The summed E-state index contributed by atoms with van der Waals surface area (Å²) in [7, 11) is 0. The van der Waals surface area contributed by atoms with Crippen LogP contribution in [-0.4, -0.2) is 11.8 Å². The van der Waals surface area contributed by atoms with E-state index in [1.807, 2.05) is 0 Å². The molecule has 2 aromatic rings. The van der Waals surface area contributed by atoms with Crippen molar-refractivity contribution in [3.8, 4) is 11.3 Å². The molecule has 0 aliphatic rings. The van der Waals surface area contributed by atoms with Gasteiger partial charge in [-0.3, -0.25) is 4.79 Å². The van der Waals surface area contributed by atoms with Crippen molar-refractivity contribution in [1.82, 2.24) is 0 Å². The van der Waals surface area contributed by atoms with Crippen LogP contribution in [0.2, 0.25) is 0 Å². The van der Waals surface area contributed by atoms with E-state index in [1.165, 1.54) is 24.3 Å². The topological polar surface area (TPSA) is 30.2 Å². The van der Waals surface area contributed by atoms with Gasteiger partial charge in [-0.2, -0.15) is 13.2 Å². The number of hydrogen-bond acceptors (Lipinski definition) is 3. The van der Waals surface area contributed by atoms with Crippen LogP contribution in [0.1, 0.15) is 10.6 Å². The van der Waals surface area contributed by atoms with Crippen molar-refractivity contribution >= 4 is 18.0 Å². The molecule has 0 radical (unpaired) electrons. The fourth-order valence-electron chi connectivity index (χ4n) is 1.42. The number of carbonyl (C=O) groups is 1. The molecule has 0 spiro atoms. The van der Waals surface area contributed by atoms with Crippen molar-refractivity contribution in [3.63, 3.8) is 0 Å². The average Bonchev–Trinajstić information content (AvgIpc) is 2.75. The van der Waals surface area contributed by atoms with Gasteiger partial charge in [0.05, 0.1) is 0 Å². The molecule has 94 valence electrons. The van der Waals surface area contributed by atoms with Crippen LogP contribution >= 0.6 is 11.8 Å². The molecule has 1 aromatic heterocycles. The molecule has 18 heavy (non-hydrogen) atoms. The maximum Gasteiger partial charge on any atom is 0.446 e. The van der Waals surface area contributed by atoms with E-state index < -0.39 is 5.51 Å². The van der Waals surface area contributed by atoms with Crippen molar-refractivity contribution < 1.29 is 22.4 Å². The molecule has 0 atom stereocenters. The van der Waals surface area contributed by atoms with Gasteiger partial charge in [-0.1, -0.05) is 12.1 Å². The predicted molar refractivity (Wildman–Crippen MR) is 61.4 cm³/mol. The van der Waals surface area contributed by atoms with Gasteiger partial charge >= 0.3 is 5.51 Å². The van der Waals surface area contributed by atoms with E-state index in [-0.39, 0.29) is 22.4 Å². The Labute approximate surface area is 105 Å². The van der Waals surface area contributed by atoms with Crippen LogP contribution in [0, 0.1) is 0 Å². The largest absolute Gasteiger partial charge is 0.453 e. The average molecular weight is 272 g/mol. The smallest absolute Gasteiger partial charge is 0.446 e. The second-order valence-corrected chi connectivity index (χ2v) is 4.53. The SMILES string of the molecule is O=Cc1ccc(-c2cccc(SC(F)(F)F)c2)o1. The van der Waals surface area contributed by atoms with Crippen LogP contribution < -0.4 is 0 Å². The molecule has 1 aromatic carbocycles. The molecule has 0 saturated carbocycles. The van der Waals surface area contributed by atoms with Gasteiger partial charge in [0.2, 0.25) is 0 Å². The van der Waals surface area contributed by atoms with Crippen LogP contribution in [-0.2, 0) is 0 Å². The molecule has 0 saturated heterocycles. The van der Waals surface area contributed by atoms with Crippen molar-refractivity contribution in [1.29, 1.82) is 0 Å². The molecule has 0 aliphatic carbocycles. The summed E-state index contributed by atoms with van der Waals surface area (Å²) in [5, 5.41) is 0. The van der Waals surface area contributed by atoms with Gasteiger partial charge in [0.1, 0.15) is 5.76 Å². The monoisotopic (exact) mass is 272 g/mol. The Bertz CT molecular complexity index is 560. The summed E-state index contributed by atoms with van der Waals surface area (Å²) in [5.41, 5.74) is -3.83. The zero-order chi connectivity index (χ0) is 13.2. The zero-order valence-corrected chi connectivity index (χ0v) is 9.72. The highest BCUT2D eigenvalue weighted by Crippen LogP contribution is 2.38. The summed E-state index contributed by atoms with van der Waals surface area (Å²) >= 11 is -0.189. The zero-order valence-electron chi connectivity index (χ0n) is 8.90. The molecule has 0 N–H and O–H groups in total. The van der Waals surface area contributed by atoms with Crippen molar-refractivity contribution in [2.75, 3.05) is 0 Å². The normalized spacial score (nSPS) is 11.5. The molecule has 2 nitrogen and oxygen atoms in total. The van der Waals surface area contributed by atoms with Gasteiger partial charge < -0.3 is 4.42 Å². The molecule has 0 unspecified atom stereocenters. The molecule has 0 aliphatic heterocycles. The summed E-state index contributed by atoms with van der Waals surface area (Å²) in [5.74, 6) is 0.501. The van der Waals surface area contributed by atoms with Gasteiger partial charge in [-0.15, -0.1) is 0 Å². The van der Waals surface area contributed by atoms with E-state index >= 15 is 0 Å². The number of thioether (sulfide) groups is 1. The second-order valence-electron chi connectivity index (χ2n) is 3.40. The fraction of sp³-hybridized carbons (Fsp3) is 0.0833. The van der Waals surface area contributed by atoms with Gasteiger partial charge in [-0.05, 0) is 36.0 Å². The maximum absolute atomic E-state index is 12.2. The van der Waals surface area contributed by atoms with E-state index in [9.17, 15) is 18.0 Å². The molecular formula is C12H7F3O2S. The highest BCUT2D eigenvalue weighted by Gasteiger charge is 2.29. The number of rotatable bonds is 3. The third kappa shape index (κ3) is 3.16. The summed E-state index contributed by atoms with van der Waals surface area (Å²) in [6.07, 6.45) is 0.539. The lowest BCUT2D eigenvalue weighted by Gasteiger charge is -2.06. The third-order valence-electron chi connectivity index (χ3n) is 2.10. The number of furan rings is 1. The Morgan fingerprint density at radius 2 is 1.94 bits per heavy atom. The first kappa shape index (κ1) is 12.8. The number of alkyl halides is 3. The van der Waals surface area contributed by atoms with Crippen molar-refractivity contribution in [3.05, 3.63) is 42.2 Å². The van der Waals surface area contributed by atoms with Crippen molar-refractivity contribution in [2.45, 2.75) is 10.4 Å². The van der Waals surface area contributed by atoms with Crippen molar-refractivity contribution in [2.24, 2.45) is 0 Å². The maximum atomic E-state index is 12.2. The lowest BCUT2D eigenvalue weighted by Crippen LogP contribution is -1.98. The Kier molecular flexibility index (Phi) is 3.47. The summed E-state index contributed by atoms with van der Waals surface area (Å²) in [6, 6.07) is 8.87. The first-order valence-electron chi connectivity index (χ1n) is 4.89. The second kappa shape index (κ2) is 4.89. The predicted octanol–water partition coefficient (Wildman–Crippen LogP) is 4.37. The van der Waals surface area contributed by atoms with Gasteiger partial charge in [0.25, 0.3) is 0 Å². The Morgan fingerprint density at radius 1 is 1.17 bits per heavy atom. The summed E-state index contributed by atoms with van der Waals surface area (Å²) in [4.78, 5) is 10.5. The number of benzene rings is 1. The van der Waals surface area contributed by atoms with E-state index in [0.717, 1.165) is 0 Å². The van der Waals surface area contributed by atoms with Crippen LogP contribution in [0.5, 0.6) is 0 Å². The standard InChI is InChI=1S/C12H7F3O2S/c13-12(14,15)18-10-3-1-2-8(6-10)11-5-4-9(7-16)17-11/h1-7H.